The van der Waals surface area contributed by atoms with E-state index in [1.807, 2.05) is 24.0 Å². The number of likely N-dealkylation sites (tertiary alicyclic amines) is 1. The Labute approximate surface area is 144 Å². The number of hydrogen-bond donors (Lipinski definition) is 1. The van der Waals surface area contributed by atoms with Gasteiger partial charge in [-0.15, -0.1) is 11.3 Å². The Bertz CT molecular complexity index is 752. The molecule has 24 heavy (non-hydrogen) atoms. The summed E-state index contributed by atoms with van der Waals surface area (Å²) in [6.45, 7) is 6.20. The van der Waals surface area contributed by atoms with Crippen molar-refractivity contribution < 1.29 is 14.0 Å². The van der Waals surface area contributed by atoms with Gasteiger partial charge in [0.1, 0.15) is 17.2 Å². The molecule has 0 aliphatic carbocycles. The van der Waals surface area contributed by atoms with E-state index in [0.29, 0.717) is 23.3 Å². The molecular formula is C17H21N3O3S. The van der Waals surface area contributed by atoms with Gasteiger partial charge < -0.3 is 14.6 Å². The van der Waals surface area contributed by atoms with Crippen LogP contribution < -0.4 is 5.32 Å². The van der Waals surface area contributed by atoms with Gasteiger partial charge in [-0.1, -0.05) is 6.92 Å². The first-order chi connectivity index (χ1) is 11.4. The van der Waals surface area contributed by atoms with Gasteiger partial charge in [0.25, 0.3) is 5.91 Å². The van der Waals surface area contributed by atoms with Crippen LogP contribution in [0, 0.1) is 12.8 Å². The standard InChI is InChI=1S/C17H21N3O3S/c1-10-6-7-20(14(8-10)15-5-4-11(2)23-15)16(22)13-9-24-17(19-13)18-12(3)21/h4-5,9-10,14H,6-8H2,1-3H3,(H,18,19,21)/t10-,14-/m1/s1. The highest BCUT2D eigenvalue weighted by Gasteiger charge is 2.34. The molecule has 0 aromatic carbocycles. The van der Waals surface area contributed by atoms with Crippen LogP contribution in [0.3, 0.4) is 0 Å². The average Bonchev–Trinajstić information content (AvgIpc) is 3.15. The SMILES string of the molecule is CC(=O)Nc1nc(C(=O)N2CC[C@@H](C)C[C@@H]2c2ccc(C)o2)cs1. The first-order valence-corrected chi connectivity index (χ1v) is 8.92. The number of thiazole rings is 1. The van der Waals surface area contributed by atoms with E-state index in [0.717, 1.165) is 24.4 Å². The topological polar surface area (TPSA) is 75.4 Å². The highest BCUT2D eigenvalue weighted by atomic mass is 32.1. The lowest BCUT2D eigenvalue weighted by atomic mass is 9.91. The number of carbonyl (C=O) groups excluding carboxylic acids is 2. The minimum Gasteiger partial charge on any atom is -0.464 e. The maximum atomic E-state index is 12.9. The maximum Gasteiger partial charge on any atom is 0.274 e. The van der Waals surface area contributed by atoms with E-state index in [1.54, 1.807) is 5.38 Å². The molecule has 128 valence electrons. The van der Waals surface area contributed by atoms with Gasteiger partial charge in [-0.3, -0.25) is 9.59 Å². The van der Waals surface area contributed by atoms with Gasteiger partial charge in [0.2, 0.25) is 5.91 Å². The first kappa shape index (κ1) is 16.7. The maximum absolute atomic E-state index is 12.9. The normalized spacial score (nSPS) is 20.9. The molecule has 1 N–H and O–H groups in total. The number of nitrogens with one attached hydrogen (secondary N) is 1. The quantitative estimate of drug-likeness (QED) is 0.920. The number of piperidine rings is 1. The van der Waals surface area contributed by atoms with Gasteiger partial charge in [0.15, 0.2) is 5.13 Å². The van der Waals surface area contributed by atoms with Crippen molar-refractivity contribution in [3.63, 3.8) is 0 Å². The third-order valence-electron chi connectivity index (χ3n) is 4.22. The molecule has 1 saturated heterocycles. The van der Waals surface area contributed by atoms with Crippen molar-refractivity contribution in [3.05, 3.63) is 34.7 Å². The van der Waals surface area contributed by atoms with Crippen LogP contribution >= 0.6 is 11.3 Å². The van der Waals surface area contributed by atoms with Crippen LogP contribution in [0.1, 0.15) is 54.7 Å². The fraction of sp³-hybridized carbons (Fsp3) is 0.471. The van der Waals surface area contributed by atoms with Crippen molar-refractivity contribution >= 4 is 28.3 Å². The van der Waals surface area contributed by atoms with E-state index in [4.69, 9.17) is 4.42 Å². The summed E-state index contributed by atoms with van der Waals surface area (Å²) >= 11 is 1.26. The third kappa shape index (κ3) is 3.51. The van der Waals surface area contributed by atoms with Gasteiger partial charge in [0.05, 0.1) is 6.04 Å². The second-order valence-corrected chi connectivity index (χ2v) is 7.17. The summed E-state index contributed by atoms with van der Waals surface area (Å²) in [5.41, 5.74) is 0.367. The van der Waals surface area contributed by atoms with Crippen LogP contribution in [0.5, 0.6) is 0 Å². The molecule has 7 heteroatoms. The number of anilines is 1. The van der Waals surface area contributed by atoms with Crippen LogP contribution in [0.25, 0.3) is 0 Å². The van der Waals surface area contributed by atoms with Crippen LogP contribution in [-0.4, -0.2) is 28.2 Å². The Morgan fingerprint density at radius 3 is 2.88 bits per heavy atom. The van der Waals surface area contributed by atoms with Gasteiger partial charge >= 0.3 is 0 Å². The molecule has 3 heterocycles. The summed E-state index contributed by atoms with van der Waals surface area (Å²) in [6, 6.07) is 3.80. The van der Waals surface area contributed by atoms with E-state index in [-0.39, 0.29) is 17.9 Å². The van der Waals surface area contributed by atoms with Gasteiger partial charge in [-0.05, 0) is 37.8 Å². The summed E-state index contributed by atoms with van der Waals surface area (Å²) in [5, 5.41) is 4.75. The van der Waals surface area contributed by atoms with Crippen molar-refractivity contribution in [2.45, 2.75) is 39.7 Å². The van der Waals surface area contributed by atoms with Gasteiger partial charge in [-0.2, -0.15) is 0 Å². The molecule has 6 nitrogen and oxygen atoms in total. The number of aromatic nitrogens is 1. The predicted octanol–water partition coefficient (Wildman–Crippen LogP) is 3.62. The summed E-state index contributed by atoms with van der Waals surface area (Å²) in [6.07, 6.45) is 1.84. The van der Waals surface area contributed by atoms with Crippen molar-refractivity contribution in [3.8, 4) is 0 Å². The number of rotatable bonds is 3. The van der Waals surface area contributed by atoms with Crippen molar-refractivity contribution in [2.75, 3.05) is 11.9 Å². The molecule has 1 aliphatic heterocycles. The summed E-state index contributed by atoms with van der Waals surface area (Å²) < 4.78 is 5.78. The number of furan rings is 1. The second kappa shape index (κ2) is 6.76. The zero-order valence-electron chi connectivity index (χ0n) is 14.0. The van der Waals surface area contributed by atoms with E-state index >= 15 is 0 Å². The fourth-order valence-corrected chi connectivity index (χ4v) is 3.74. The molecule has 0 saturated carbocycles. The number of amides is 2. The summed E-state index contributed by atoms with van der Waals surface area (Å²) in [4.78, 5) is 30.1. The zero-order valence-corrected chi connectivity index (χ0v) is 14.9. The second-order valence-electron chi connectivity index (χ2n) is 6.31. The van der Waals surface area contributed by atoms with Crippen LogP contribution in [0.2, 0.25) is 0 Å². The number of nitrogens with zero attached hydrogens (tertiary/aromatic N) is 2. The van der Waals surface area contributed by atoms with Crippen LogP contribution in [0.15, 0.2) is 21.9 Å². The lowest BCUT2D eigenvalue weighted by Gasteiger charge is -2.37. The highest BCUT2D eigenvalue weighted by Crippen LogP contribution is 2.36. The monoisotopic (exact) mass is 347 g/mol. The zero-order chi connectivity index (χ0) is 17.3. The van der Waals surface area contributed by atoms with Gasteiger partial charge in [-0.25, -0.2) is 4.98 Å². The minimum absolute atomic E-state index is 0.0686. The fourth-order valence-electron chi connectivity index (χ4n) is 3.01. The Balaban J connectivity index is 1.83. The molecule has 0 bridgehead atoms. The molecule has 3 rings (SSSR count). The van der Waals surface area contributed by atoms with E-state index in [1.165, 1.54) is 18.3 Å². The Kier molecular flexibility index (Phi) is 4.71. The first-order valence-electron chi connectivity index (χ1n) is 8.04. The van der Waals surface area contributed by atoms with E-state index < -0.39 is 0 Å². The molecular weight excluding hydrogens is 326 g/mol. The lowest BCUT2D eigenvalue weighted by molar-refractivity contribution is -0.114. The summed E-state index contributed by atoms with van der Waals surface area (Å²) in [7, 11) is 0. The van der Waals surface area contributed by atoms with Crippen molar-refractivity contribution in [2.24, 2.45) is 5.92 Å². The molecule has 2 atom stereocenters. The molecule has 0 spiro atoms. The minimum atomic E-state index is -0.195. The third-order valence-corrected chi connectivity index (χ3v) is 4.98. The molecule has 0 unspecified atom stereocenters. The van der Waals surface area contributed by atoms with Crippen molar-refractivity contribution in [1.29, 1.82) is 0 Å². The van der Waals surface area contributed by atoms with Crippen LogP contribution in [-0.2, 0) is 4.79 Å². The molecule has 0 radical (unpaired) electrons. The van der Waals surface area contributed by atoms with Crippen molar-refractivity contribution in [1.82, 2.24) is 9.88 Å². The average molecular weight is 347 g/mol. The highest BCUT2D eigenvalue weighted by molar-refractivity contribution is 7.14. The van der Waals surface area contributed by atoms with Crippen LogP contribution in [0.4, 0.5) is 5.13 Å². The van der Waals surface area contributed by atoms with E-state index in [9.17, 15) is 9.59 Å². The lowest BCUT2D eigenvalue weighted by Crippen LogP contribution is -2.40. The molecule has 2 aromatic heterocycles. The number of carbonyl (C=O) groups is 2. The smallest absolute Gasteiger partial charge is 0.274 e. The Hall–Kier alpha value is -2.15. The summed E-state index contributed by atoms with van der Waals surface area (Å²) in [5.74, 6) is 1.89. The number of aryl methyl sites for hydroxylation is 1. The number of hydrogen-bond acceptors (Lipinski definition) is 5. The molecule has 1 aliphatic rings. The molecule has 2 aromatic rings. The molecule has 2 amide bonds. The Morgan fingerprint density at radius 2 is 2.21 bits per heavy atom. The molecule has 1 fully saturated rings. The largest absolute Gasteiger partial charge is 0.464 e. The predicted molar refractivity (Wildman–Crippen MR) is 92.0 cm³/mol. The van der Waals surface area contributed by atoms with E-state index in [2.05, 4.69) is 17.2 Å². The van der Waals surface area contributed by atoms with Gasteiger partial charge in [0, 0.05) is 18.8 Å². The Morgan fingerprint density at radius 1 is 1.42 bits per heavy atom.